The largest absolute Gasteiger partial charge is 0.478 e. The first kappa shape index (κ1) is 11.2. The third-order valence-corrected chi connectivity index (χ3v) is 3.00. The van der Waals surface area contributed by atoms with E-state index in [0.29, 0.717) is 12.0 Å². The van der Waals surface area contributed by atoms with E-state index in [1.807, 2.05) is 0 Å². The Balaban J connectivity index is 2.20. The number of carboxylic acids is 1. The molecular formula is C11H19NO2. The Hall–Kier alpha value is -0.830. The van der Waals surface area contributed by atoms with E-state index in [4.69, 9.17) is 5.11 Å². The van der Waals surface area contributed by atoms with Crippen LogP contribution in [0, 0.1) is 5.41 Å². The summed E-state index contributed by atoms with van der Waals surface area (Å²) in [6.07, 6.45) is 5.11. The van der Waals surface area contributed by atoms with Crippen molar-refractivity contribution in [1.82, 2.24) is 5.32 Å². The van der Waals surface area contributed by atoms with Gasteiger partial charge in [-0.3, -0.25) is 0 Å². The van der Waals surface area contributed by atoms with Gasteiger partial charge in [0, 0.05) is 18.7 Å². The summed E-state index contributed by atoms with van der Waals surface area (Å²) < 4.78 is 0. The van der Waals surface area contributed by atoms with Crippen molar-refractivity contribution in [2.45, 2.75) is 32.6 Å². The van der Waals surface area contributed by atoms with Crippen molar-refractivity contribution in [2.75, 3.05) is 13.1 Å². The summed E-state index contributed by atoms with van der Waals surface area (Å²) in [5.74, 6) is -0.908. The van der Waals surface area contributed by atoms with Crippen LogP contribution in [0.5, 0.6) is 0 Å². The van der Waals surface area contributed by atoms with Gasteiger partial charge in [0.1, 0.15) is 0 Å². The van der Waals surface area contributed by atoms with Crippen LogP contribution in [0.2, 0.25) is 0 Å². The number of hydrogen-bond acceptors (Lipinski definition) is 2. The molecule has 1 aliphatic rings. The average molecular weight is 197 g/mol. The minimum atomic E-state index is -0.908. The molecule has 0 aromatic carbocycles. The zero-order valence-electron chi connectivity index (χ0n) is 8.81. The van der Waals surface area contributed by atoms with Gasteiger partial charge in [-0.1, -0.05) is 26.3 Å². The molecule has 0 amide bonds. The summed E-state index contributed by atoms with van der Waals surface area (Å²) in [6.45, 7) is 7.04. The zero-order chi connectivity index (χ0) is 10.6. The second-order valence-electron chi connectivity index (χ2n) is 4.53. The van der Waals surface area contributed by atoms with E-state index in [0.717, 1.165) is 6.54 Å². The molecule has 3 heteroatoms. The molecule has 0 atom stereocenters. The smallest absolute Gasteiger partial charge is 0.332 e. The molecule has 1 aliphatic carbocycles. The highest BCUT2D eigenvalue weighted by molar-refractivity contribution is 5.86. The van der Waals surface area contributed by atoms with Crippen molar-refractivity contribution in [1.29, 1.82) is 0 Å². The van der Waals surface area contributed by atoms with Gasteiger partial charge in [-0.2, -0.15) is 0 Å². The highest BCUT2D eigenvalue weighted by Crippen LogP contribution is 2.36. The molecule has 0 heterocycles. The summed E-state index contributed by atoms with van der Waals surface area (Å²) in [5, 5.41) is 11.8. The zero-order valence-corrected chi connectivity index (χ0v) is 8.81. The molecular weight excluding hydrogens is 178 g/mol. The molecule has 0 bridgehead atoms. The Morgan fingerprint density at radius 2 is 2.07 bits per heavy atom. The van der Waals surface area contributed by atoms with Crippen LogP contribution in [-0.4, -0.2) is 24.2 Å². The first-order chi connectivity index (χ1) is 6.53. The van der Waals surface area contributed by atoms with E-state index in [1.54, 1.807) is 0 Å². The monoisotopic (exact) mass is 197 g/mol. The molecule has 0 radical (unpaired) electrons. The van der Waals surface area contributed by atoms with Gasteiger partial charge >= 0.3 is 5.97 Å². The van der Waals surface area contributed by atoms with Gasteiger partial charge in [-0.25, -0.2) is 4.79 Å². The lowest BCUT2D eigenvalue weighted by atomic mass is 9.89. The van der Waals surface area contributed by atoms with Gasteiger partial charge in [-0.05, 0) is 18.3 Å². The Bertz CT molecular complexity index is 229. The molecule has 0 aromatic rings. The topological polar surface area (TPSA) is 49.3 Å². The Kier molecular flexibility index (Phi) is 3.69. The minimum absolute atomic E-state index is 0.242. The number of aliphatic carboxylic acids is 1. The van der Waals surface area contributed by atoms with Gasteiger partial charge in [0.15, 0.2) is 0 Å². The molecule has 14 heavy (non-hydrogen) atoms. The van der Waals surface area contributed by atoms with Crippen molar-refractivity contribution < 1.29 is 9.90 Å². The molecule has 0 saturated heterocycles. The van der Waals surface area contributed by atoms with Gasteiger partial charge in [-0.15, -0.1) is 0 Å². The molecule has 1 fully saturated rings. The molecule has 80 valence electrons. The fourth-order valence-electron chi connectivity index (χ4n) is 2.00. The second-order valence-corrected chi connectivity index (χ2v) is 4.53. The van der Waals surface area contributed by atoms with Crippen molar-refractivity contribution in [3.63, 3.8) is 0 Å². The van der Waals surface area contributed by atoms with E-state index in [9.17, 15) is 4.79 Å². The van der Waals surface area contributed by atoms with Crippen LogP contribution in [0.15, 0.2) is 12.2 Å². The fraction of sp³-hybridized carbons (Fsp3) is 0.727. The third-order valence-electron chi connectivity index (χ3n) is 3.00. The molecule has 0 unspecified atom stereocenters. The predicted octanol–water partition coefficient (Wildman–Crippen LogP) is 1.80. The number of nitrogens with one attached hydrogen (secondary N) is 1. The van der Waals surface area contributed by atoms with Crippen LogP contribution in [0.4, 0.5) is 0 Å². The van der Waals surface area contributed by atoms with Crippen LogP contribution in [-0.2, 0) is 4.79 Å². The van der Waals surface area contributed by atoms with Gasteiger partial charge in [0.25, 0.3) is 0 Å². The van der Waals surface area contributed by atoms with E-state index in [1.165, 1.54) is 25.7 Å². The molecule has 1 saturated carbocycles. The van der Waals surface area contributed by atoms with Crippen LogP contribution >= 0.6 is 0 Å². The van der Waals surface area contributed by atoms with E-state index >= 15 is 0 Å². The van der Waals surface area contributed by atoms with Crippen molar-refractivity contribution >= 4 is 5.97 Å². The summed E-state index contributed by atoms with van der Waals surface area (Å²) in [6, 6.07) is 0. The predicted molar refractivity (Wildman–Crippen MR) is 56.2 cm³/mol. The van der Waals surface area contributed by atoms with Gasteiger partial charge in [0.05, 0.1) is 0 Å². The molecule has 2 N–H and O–H groups in total. The molecule has 0 aromatic heterocycles. The van der Waals surface area contributed by atoms with Crippen LogP contribution < -0.4 is 5.32 Å². The second kappa shape index (κ2) is 4.60. The van der Waals surface area contributed by atoms with Crippen LogP contribution in [0.1, 0.15) is 32.6 Å². The summed E-state index contributed by atoms with van der Waals surface area (Å²) >= 11 is 0. The van der Waals surface area contributed by atoms with E-state index in [2.05, 4.69) is 18.8 Å². The van der Waals surface area contributed by atoms with E-state index < -0.39 is 5.97 Å². The normalized spacial score (nSPS) is 19.5. The van der Waals surface area contributed by atoms with Gasteiger partial charge < -0.3 is 10.4 Å². The maximum atomic E-state index is 10.5. The lowest BCUT2D eigenvalue weighted by Gasteiger charge is -2.23. The number of hydrogen-bond donors (Lipinski definition) is 2. The third kappa shape index (κ3) is 3.14. The van der Waals surface area contributed by atoms with Gasteiger partial charge in [0.2, 0.25) is 0 Å². The number of rotatable bonds is 5. The number of carbonyl (C=O) groups is 1. The Morgan fingerprint density at radius 1 is 1.50 bits per heavy atom. The maximum absolute atomic E-state index is 10.5. The standard InChI is InChI=1S/C11H19NO2/c1-9(10(13)14)7-12-8-11(2)5-3-4-6-11/h12H,1,3-8H2,2H3,(H,13,14). The molecule has 0 aliphatic heterocycles. The first-order valence-corrected chi connectivity index (χ1v) is 5.15. The van der Waals surface area contributed by atoms with Crippen molar-refractivity contribution in [3.05, 3.63) is 12.2 Å². The summed E-state index contributed by atoms with van der Waals surface area (Å²) in [4.78, 5) is 10.5. The van der Waals surface area contributed by atoms with Crippen molar-refractivity contribution in [2.24, 2.45) is 5.41 Å². The summed E-state index contributed by atoms with van der Waals surface area (Å²) in [5.41, 5.74) is 0.616. The lowest BCUT2D eigenvalue weighted by molar-refractivity contribution is -0.132. The maximum Gasteiger partial charge on any atom is 0.332 e. The minimum Gasteiger partial charge on any atom is -0.478 e. The van der Waals surface area contributed by atoms with Crippen LogP contribution in [0.3, 0.4) is 0 Å². The molecule has 0 spiro atoms. The molecule has 3 nitrogen and oxygen atoms in total. The Morgan fingerprint density at radius 3 is 2.57 bits per heavy atom. The van der Waals surface area contributed by atoms with E-state index in [-0.39, 0.29) is 5.57 Å². The van der Waals surface area contributed by atoms with Crippen molar-refractivity contribution in [3.8, 4) is 0 Å². The Labute approximate surface area is 85.2 Å². The quantitative estimate of drug-likeness (QED) is 0.661. The first-order valence-electron chi connectivity index (χ1n) is 5.15. The molecule has 1 rings (SSSR count). The summed E-state index contributed by atoms with van der Waals surface area (Å²) in [7, 11) is 0. The lowest BCUT2D eigenvalue weighted by Crippen LogP contribution is -2.31. The highest BCUT2D eigenvalue weighted by Gasteiger charge is 2.27. The SMILES string of the molecule is C=C(CNCC1(C)CCCC1)C(=O)O. The average Bonchev–Trinajstić information content (AvgIpc) is 2.52. The number of carboxylic acid groups (broad SMARTS) is 1. The van der Waals surface area contributed by atoms with Crippen LogP contribution in [0.25, 0.3) is 0 Å². The highest BCUT2D eigenvalue weighted by atomic mass is 16.4. The fourth-order valence-corrected chi connectivity index (χ4v) is 2.00.